The molecule has 0 radical (unpaired) electrons. The highest BCUT2D eigenvalue weighted by atomic mass is 32.2. The van der Waals surface area contributed by atoms with E-state index >= 15 is 0 Å². The van der Waals surface area contributed by atoms with Gasteiger partial charge in [-0.2, -0.15) is 10.3 Å². The Bertz CT molecular complexity index is 789. The number of nitrogens with zero attached hydrogens (tertiary/aromatic N) is 3. The van der Waals surface area contributed by atoms with Gasteiger partial charge in [-0.25, -0.2) is 0 Å². The highest BCUT2D eigenvalue weighted by Crippen LogP contribution is 2.32. The minimum absolute atomic E-state index is 0.0723. The van der Waals surface area contributed by atoms with E-state index in [9.17, 15) is 4.79 Å². The summed E-state index contributed by atoms with van der Waals surface area (Å²) >= 11 is 1.44. The molecule has 0 spiro atoms. The predicted molar refractivity (Wildman–Crippen MR) is 108 cm³/mol. The van der Waals surface area contributed by atoms with Gasteiger partial charge in [-0.3, -0.25) is 4.79 Å². The van der Waals surface area contributed by atoms with Crippen LogP contribution in [0.5, 0.6) is 5.75 Å². The van der Waals surface area contributed by atoms with E-state index in [0.717, 1.165) is 49.2 Å². The number of hydrogen-bond donors (Lipinski definition) is 1. The fraction of sp³-hybridized carbons (Fsp3) is 0.450. The molecular weight excluding hydrogens is 360 g/mol. The molecule has 0 unspecified atom stereocenters. The molecule has 2 aliphatic rings. The Hall–Kier alpha value is -2.30. The van der Waals surface area contributed by atoms with Crippen LogP contribution in [-0.4, -0.2) is 54.8 Å². The van der Waals surface area contributed by atoms with Gasteiger partial charge in [0.25, 0.3) is 5.91 Å². The lowest BCUT2D eigenvalue weighted by atomic mass is 10.2. The van der Waals surface area contributed by atoms with Crippen LogP contribution in [0, 0.1) is 11.3 Å². The fourth-order valence-corrected chi connectivity index (χ4v) is 4.09. The van der Waals surface area contributed by atoms with Gasteiger partial charge in [0, 0.05) is 5.56 Å². The largest absolute Gasteiger partial charge is 0.490 e. The number of ether oxygens (including phenoxy) is 1. The molecule has 0 saturated carbocycles. The molecule has 6 nitrogen and oxygen atoms in total. The molecule has 27 heavy (non-hydrogen) atoms. The first kappa shape index (κ1) is 19.5. The number of thioether (sulfide) groups is 1. The summed E-state index contributed by atoms with van der Waals surface area (Å²) in [6.07, 6.45) is 2.53. The topological polar surface area (TPSA) is 70.1 Å². The molecule has 2 heterocycles. The lowest BCUT2D eigenvalue weighted by Crippen LogP contribution is -3.14. The van der Waals surface area contributed by atoms with E-state index in [1.807, 2.05) is 44.2 Å². The molecule has 1 fully saturated rings. The highest BCUT2D eigenvalue weighted by Gasteiger charge is 2.29. The van der Waals surface area contributed by atoms with Crippen molar-refractivity contribution >= 4 is 28.9 Å². The van der Waals surface area contributed by atoms with E-state index in [2.05, 4.69) is 16.0 Å². The molecule has 3 rings (SSSR count). The van der Waals surface area contributed by atoms with Gasteiger partial charge in [0.05, 0.1) is 56.2 Å². The molecule has 2 aliphatic heterocycles. The van der Waals surface area contributed by atoms with E-state index < -0.39 is 0 Å². The maximum Gasteiger partial charge on any atom is 0.286 e. The van der Waals surface area contributed by atoms with Gasteiger partial charge < -0.3 is 14.5 Å². The first-order valence-corrected chi connectivity index (χ1v) is 10.1. The molecule has 1 aromatic carbocycles. The Morgan fingerprint density at radius 2 is 2.11 bits per heavy atom. The first-order chi connectivity index (χ1) is 13.1. The molecule has 1 amide bonds. The third-order valence-electron chi connectivity index (χ3n) is 4.51. The minimum Gasteiger partial charge on any atom is -0.490 e. The highest BCUT2D eigenvalue weighted by molar-refractivity contribution is 8.18. The van der Waals surface area contributed by atoms with Gasteiger partial charge in [0.2, 0.25) is 0 Å². The smallest absolute Gasteiger partial charge is 0.286 e. The van der Waals surface area contributed by atoms with Crippen LogP contribution in [0.1, 0.15) is 25.8 Å². The molecular formula is C20H25N4O2S+. The number of amidine groups is 1. The summed E-state index contributed by atoms with van der Waals surface area (Å²) in [5, 5.41) is 9.50. The number of rotatable bonds is 5. The van der Waals surface area contributed by atoms with Crippen molar-refractivity contribution in [3.05, 3.63) is 34.7 Å². The SMILES string of the molecule is CC(C)Oc1ccccc1C=C1SC(N2CC[NH+](CCC#N)CC2)=NC1=O. The third-order valence-corrected chi connectivity index (χ3v) is 5.55. The number of hydrogen-bond acceptors (Lipinski definition) is 5. The van der Waals surface area contributed by atoms with Crippen LogP contribution >= 0.6 is 11.8 Å². The Balaban J connectivity index is 1.65. The first-order valence-electron chi connectivity index (χ1n) is 9.30. The average molecular weight is 386 g/mol. The van der Waals surface area contributed by atoms with Crippen LogP contribution in [0.15, 0.2) is 34.2 Å². The molecule has 1 saturated heterocycles. The van der Waals surface area contributed by atoms with Crippen molar-refractivity contribution in [1.29, 1.82) is 5.26 Å². The summed E-state index contributed by atoms with van der Waals surface area (Å²) in [7, 11) is 0. The zero-order chi connectivity index (χ0) is 19.2. The third kappa shape index (κ3) is 5.12. The summed E-state index contributed by atoms with van der Waals surface area (Å²) in [5.74, 6) is 0.588. The number of carbonyl (C=O) groups is 1. The summed E-state index contributed by atoms with van der Waals surface area (Å²) in [5.41, 5.74) is 0.893. The number of quaternary nitrogens is 1. The molecule has 0 aromatic heterocycles. The molecule has 0 bridgehead atoms. The van der Waals surface area contributed by atoms with E-state index in [1.54, 1.807) is 0 Å². The van der Waals surface area contributed by atoms with Crippen molar-refractivity contribution in [2.24, 2.45) is 4.99 Å². The van der Waals surface area contributed by atoms with Crippen molar-refractivity contribution in [3.63, 3.8) is 0 Å². The normalized spacial score (nSPS) is 19.5. The number of para-hydroxylation sites is 1. The molecule has 7 heteroatoms. The predicted octanol–water partition coefficient (Wildman–Crippen LogP) is 1.56. The zero-order valence-corrected chi connectivity index (χ0v) is 16.6. The van der Waals surface area contributed by atoms with E-state index in [0.29, 0.717) is 11.3 Å². The van der Waals surface area contributed by atoms with E-state index in [4.69, 9.17) is 10.00 Å². The van der Waals surface area contributed by atoms with E-state index in [-0.39, 0.29) is 12.0 Å². The quantitative estimate of drug-likeness (QED) is 0.779. The molecule has 0 atom stereocenters. The van der Waals surface area contributed by atoms with Gasteiger partial charge in [0.1, 0.15) is 5.75 Å². The summed E-state index contributed by atoms with van der Waals surface area (Å²) in [6, 6.07) is 9.95. The van der Waals surface area contributed by atoms with Crippen molar-refractivity contribution in [2.75, 3.05) is 32.7 Å². The maximum absolute atomic E-state index is 12.4. The van der Waals surface area contributed by atoms with Crippen molar-refractivity contribution in [3.8, 4) is 11.8 Å². The van der Waals surface area contributed by atoms with Gasteiger partial charge in [-0.1, -0.05) is 18.2 Å². The summed E-state index contributed by atoms with van der Waals surface area (Å²) in [4.78, 5) is 20.9. The van der Waals surface area contributed by atoms with Gasteiger partial charge in [0.15, 0.2) is 5.17 Å². The standard InChI is InChI=1S/C20H24N4O2S/c1-15(2)26-17-7-4-3-6-16(17)14-18-19(25)22-20(27-18)24-12-10-23(11-13-24)9-5-8-21/h3-4,6-7,14-15H,5,9-13H2,1-2H3/p+1. The van der Waals surface area contributed by atoms with Crippen LogP contribution < -0.4 is 9.64 Å². The van der Waals surface area contributed by atoms with Gasteiger partial charge >= 0.3 is 0 Å². The lowest BCUT2D eigenvalue weighted by Gasteiger charge is -2.32. The number of nitrogens with one attached hydrogen (secondary N) is 1. The van der Waals surface area contributed by atoms with Crippen LogP contribution in [0.2, 0.25) is 0 Å². The second-order valence-corrected chi connectivity index (χ2v) is 7.92. The number of carbonyl (C=O) groups excluding carboxylic acids is 1. The zero-order valence-electron chi connectivity index (χ0n) is 15.8. The van der Waals surface area contributed by atoms with Crippen molar-refractivity contribution in [2.45, 2.75) is 26.4 Å². The van der Waals surface area contributed by atoms with Crippen molar-refractivity contribution in [1.82, 2.24) is 4.90 Å². The van der Waals surface area contributed by atoms with E-state index in [1.165, 1.54) is 16.7 Å². The lowest BCUT2D eigenvalue weighted by molar-refractivity contribution is -0.903. The second kappa shape index (κ2) is 9.07. The average Bonchev–Trinajstić information content (AvgIpc) is 3.02. The van der Waals surface area contributed by atoms with Gasteiger partial charge in [-0.05, 0) is 37.8 Å². The minimum atomic E-state index is -0.186. The summed E-state index contributed by atoms with van der Waals surface area (Å²) < 4.78 is 5.84. The van der Waals surface area contributed by atoms with Crippen molar-refractivity contribution < 1.29 is 14.4 Å². The van der Waals surface area contributed by atoms with Crippen LogP contribution in [0.25, 0.3) is 6.08 Å². The number of amides is 1. The molecule has 1 aromatic rings. The molecule has 1 N–H and O–H groups in total. The Labute approximate surface area is 164 Å². The Morgan fingerprint density at radius 1 is 1.37 bits per heavy atom. The van der Waals surface area contributed by atoms with Crippen LogP contribution in [0.3, 0.4) is 0 Å². The number of nitriles is 1. The van der Waals surface area contributed by atoms with Crippen LogP contribution in [-0.2, 0) is 4.79 Å². The number of piperazine rings is 1. The van der Waals surface area contributed by atoms with Crippen LogP contribution in [0.4, 0.5) is 0 Å². The monoisotopic (exact) mass is 385 g/mol. The Kier molecular flexibility index (Phi) is 6.54. The fourth-order valence-electron chi connectivity index (χ4n) is 3.13. The second-order valence-electron chi connectivity index (χ2n) is 6.91. The Morgan fingerprint density at radius 3 is 2.81 bits per heavy atom. The maximum atomic E-state index is 12.4. The number of benzene rings is 1. The van der Waals surface area contributed by atoms with Gasteiger partial charge in [-0.15, -0.1) is 0 Å². The molecule has 142 valence electrons. The molecule has 0 aliphatic carbocycles. The number of aliphatic imine (C=N–C) groups is 1. The summed E-state index contributed by atoms with van der Waals surface area (Å²) in [6.45, 7) is 8.53.